The van der Waals surface area contributed by atoms with E-state index >= 15 is 0 Å². The maximum atomic E-state index is 6.11. The third kappa shape index (κ3) is 2.94. The lowest BCUT2D eigenvalue weighted by Crippen LogP contribution is -2.17. The first kappa shape index (κ1) is 17.6. The number of fused-ring (bicyclic) bond motifs is 3. The Hall–Kier alpha value is -2.24. The zero-order chi connectivity index (χ0) is 15.2. The zero-order valence-corrected chi connectivity index (χ0v) is 15.1. The van der Waals surface area contributed by atoms with Gasteiger partial charge in [0, 0.05) is 47.4 Å². The Morgan fingerprint density at radius 1 is 0.720 bits per heavy atom. The molecule has 0 N–H and O–H groups in total. The van der Waals surface area contributed by atoms with Gasteiger partial charge in [0.05, 0.1) is 25.8 Å². The predicted octanol–water partition coefficient (Wildman–Crippen LogP) is 4.13. The van der Waals surface area contributed by atoms with Gasteiger partial charge in [0.25, 0.3) is 0 Å². The summed E-state index contributed by atoms with van der Waals surface area (Å²) in [6.07, 6.45) is 3.79. The fourth-order valence-corrected chi connectivity index (χ4v) is 3.26. The average molecular weight is 377 g/mol. The van der Waals surface area contributed by atoms with Crippen molar-refractivity contribution in [2.75, 3.05) is 36.0 Å². The van der Waals surface area contributed by atoms with Gasteiger partial charge in [0.15, 0.2) is 0 Å². The summed E-state index contributed by atoms with van der Waals surface area (Å²) >= 11 is 0. The number of aliphatic imine (C=N–C) groups is 2. The van der Waals surface area contributed by atoms with Crippen molar-refractivity contribution in [2.45, 2.75) is 0 Å². The van der Waals surface area contributed by atoms with Crippen LogP contribution >= 0.6 is 24.8 Å². The number of nitrogens with zero attached hydrogens (tertiary/aromatic N) is 4. The second-order valence-corrected chi connectivity index (χ2v) is 5.89. The summed E-state index contributed by atoms with van der Waals surface area (Å²) in [4.78, 5) is 12.8. The largest absolute Gasteiger partial charge is 0.456 e. The minimum absolute atomic E-state index is 0. The van der Waals surface area contributed by atoms with Crippen molar-refractivity contribution in [1.82, 2.24) is 0 Å². The van der Waals surface area contributed by atoms with E-state index in [0.29, 0.717) is 0 Å². The van der Waals surface area contributed by atoms with Crippen molar-refractivity contribution >= 4 is 70.8 Å². The van der Waals surface area contributed by atoms with Gasteiger partial charge in [-0.2, -0.15) is 0 Å². The number of anilines is 2. The molecule has 0 aliphatic carbocycles. The van der Waals surface area contributed by atoms with Crippen molar-refractivity contribution in [3.05, 3.63) is 36.4 Å². The number of hydrogen-bond acceptors (Lipinski definition) is 5. The highest BCUT2D eigenvalue weighted by Crippen LogP contribution is 2.33. The first-order chi connectivity index (χ1) is 11.4. The van der Waals surface area contributed by atoms with Crippen LogP contribution in [0.15, 0.2) is 50.8 Å². The fraction of sp³-hybridized carbons (Fsp3) is 0.222. The molecule has 2 aromatic carbocycles. The first-order valence-electron chi connectivity index (χ1n) is 7.88. The molecule has 0 unspecified atom stereocenters. The van der Waals surface area contributed by atoms with E-state index in [4.69, 9.17) is 4.42 Å². The SMILES string of the molecule is C1=NCCN1c1ccc2c(c1)oc1cc(N3C=NCC3)ccc12.Cl.Cl. The Labute approximate surface area is 157 Å². The molecule has 1 aromatic heterocycles. The Kier molecular flexibility index (Phi) is 4.88. The molecule has 0 atom stereocenters. The van der Waals surface area contributed by atoms with Gasteiger partial charge in [-0.25, -0.2) is 0 Å². The highest BCUT2D eigenvalue weighted by Gasteiger charge is 2.14. The molecule has 0 saturated carbocycles. The molecule has 5 rings (SSSR count). The summed E-state index contributed by atoms with van der Waals surface area (Å²) in [7, 11) is 0. The highest BCUT2D eigenvalue weighted by molar-refractivity contribution is 6.07. The van der Waals surface area contributed by atoms with Crippen molar-refractivity contribution in [2.24, 2.45) is 9.98 Å². The quantitative estimate of drug-likeness (QED) is 0.675. The molecule has 0 radical (unpaired) electrons. The molecule has 0 spiro atoms. The summed E-state index contributed by atoms with van der Waals surface area (Å²) in [6, 6.07) is 12.7. The third-order valence-corrected chi connectivity index (χ3v) is 4.49. The summed E-state index contributed by atoms with van der Waals surface area (Å²) in [5, 5.41) is 2.31. The van der Waals surface area contributed by atoms with Gasteiger partial charge in [-0.3, -0.25) is 9.98 Å². The van der Waals surface area contributed by atoms with E-state index < -0.39 is 0 Å². The van der Waals surface area contributed by atoms with Crippen molar-refractivity contribution in [1.29, 1.82) is 0 Å². The number of furan rings is 1. The van der Waals surface area contributed by atoms with Gasteiger partial charge >= 0.3 is 0 Å². The molecule has 0 fully saturated rings. The maximum absolute atomic E-state index is 6.11. The van der Waals surface area contributed by atoms with Gasteiger partial charge in [0.1, 0.15) is 11.2 Å². The van der Waals surface area contributed by atoms with Crippen molar-refractivity contribution in [3.63, 3.8) is 0 Å². The smallest absolute Gasteiger partial charge is 0.137 e. The van der Waals surface area contributed by atoms with E-state index in [1.165, 1.54) is 0 Å². The number of hydrogen-bond donors (Lipinski definition) is 0. The number of benzene rings is 2. The van der Waals surface area contributed by atoms with Crippen LogP contribution < -0.4 is 9.80 Å². The molecule has 3 aromatic rings. The molecule has 2 aliphatic heterocycles. The van der Waals surface area contributed by atoms with Crippen LogP contribution in [0.1, 0.15) is 0 Å². The molecular formula is C18H18Cl2N4O. The Balaban J connectivity index is 0.000000911. The van der Waals surface area contributed by atoms with E-state index in [1.54, 1.807) is 0 Å². The second kappa shape index (κ2) is 6.94. The highest BCUT2D eigenvalue weighted by atomic mass is 35.5. The van der Waals surface area contributed by atoms with E-state index in [2.05, 4.69) is 56.2 Å². The number of halogens is 2. The second-order valence-electron chi connectivity index (χ2n) is 5.89. The lowest BCUT2D eigenvalue weighted by molar-refractivity contribution is 0.669. The monoisotopic (exact) mass is 376 g/mol. The topological polar surface area (TPSA) is 44.3 Å². The molecule has 0 bridgehead atoms. The summed E-state index contributed by atoms with van der Waals surface area (Å²) in [5.74, 6) is 0. The summed E-state index contributed by atoms with van der Waals surface area (Å²) < 4.78 is 6.11. The van der Waals surface area contributed by atoms with Gasteiger partial charge in [-0.05, 0) is 24.3 Å². The lowest BCUT2D eigenvalue weighted by Gasteiger charge is -2.13. The normalized spacial score (nSPS) is 15.8. The Morgan fingerprint density at radius 2 is 1.20 bits per heavy atom. The third-order valence-electron chi connectivity index (χ3n) is 4.49. The van der Waals surface area contributed by atoms with Crippen LogP contribution in [-0.4, -0.2) is 38.9 Å². The molecule has 7 heteroatoms. The van der Waals surface area contributed by atoms with Crippen LogP contribution in [0.25, 0.3) is 21.9 Å². The van der Waals surface area contributed by atoms with E-state index in [-0.39, 0.29) is 24.8 Å². The zero-order valence-electron chi connectivity index (χ0n) is 13.5. The van der Waals surface area contributed by atoms with Gasteiger partial charge in [0.2, 0.25) is 0 Å². The van der Waals surface area contributed by atoms with E-state index in [1.807, 2.05) is 12.7 Å². The minimum Gasteiger partial charge on any atom is -0.456 e. The van der Waals surface area contributed by atoms with Crippen LogP contribution in [0.3, 0.4) is 0 Å². The van der Waals surface area contributed by atoms with Crippen LogP contribution in [0.2, 0.25) is 0 Å². The molecule has 5 nitrogen and oxygen atoms in total. The van der Waals surface area contributed by atoms with Crippen molar-refractivity contribution < 1.29 is 4.42 Å². The van der Waals surface area contributed by atoms with Crippen LogP contribution in [0.5, 0.6) is 0 Å². The maximum Gasteiger partial charge on any atom is 0.137 e. The Bertz CT molecular complexity index is 890. The molecule has 0 amide bonds. The van der Waals surface area contributed by atoms with Crippen LogP contribution in [-0.2, 0) is 0 Å². The average Bonchev–Trinajstić information content (AvgIpc) is 3.32. The molecule has 25 heavy (non-hydrogen) atoms. The first-order valence-corrected chi connectivity index (χ1v) is 7.88. The molecular weight excluding hydrogens is 359 g/mol. The molecule has 0 saturated heterocycles. The van der Waals surface area contributed by atoms with E-state index in [0.717, 1.165) is 59.5 Å². The number of rotatable bonds is 2. The predicted molar refractivity (Wildman–Crippen MR) is 110 cm³/mol. The van der Waals surface area contributed by atoms with Crippen LogP contribution in [0.4, 0.5) is 11.4 Å². The standard InChI is InChI=1S/C18H16N4O.2ClH/c1-3-15-16-4-2-14(22-8-6-20-12-22)10-18(16)23-17(15)9-13(1)21-7-5-19-11-21;;/h1-4,9-12H,5-8H2;2*1H. The fourth-order valence-electron chi connectivity index (χ4n) is 3.26. The molecule has 3 heterocycles. The van der Waals surface area contributed by atoms with Crippen molar-refractivity contribution in [3.8, 4) is 0 Å². The lowest BCUT2D eigenvalue weighted by atomic mass is 10.1. The van der Waals surface area contributed by atoms with Crippen LogP contribution in [0, 0.1) is 0 Å². The minimum atomic E-state index is 0. The van der Waals surface area contributed by atoms with Gasteiger partial charge in [-0.15, -0.1) is 24.8 Å². The molecule has 2 aliphatic rings. The van der Waals surface area contributed by atoms with Gasteiger partial charge in [-0.1, -0.05) is 0 Å². The van der Waals surface area contributed by atoms with E-state index in [9.17, 15) is 0 Å². The summed E-state index contributed by atoms with van der Waals surface area (Å²) in [5.41, 5.74) is 4.10. The molecule has 130 valence electrons. The van der Waals surface area contributed by atoms with Gasteiger partial charge < -0.3 is 14.2 Å². The Morgan fingerprint density at radius 3 is 1.60 bits per heavy atom. The summed E-state index contributed by atoms with van der Waals surface area (Å²) in [6.45, 7) is 3.59.